The molecule has 4 aromatic rings. The monoisotopic (exact) mass is 414 g/mol. The maximum absolute atomic E-state index is 12.4. The molecular weight excluding hydrogens is 404 g/mol. The molecule has 25 heavy (non-hydrogen) atoms. The first-order valence-corrected chi connectivity index (χ1v) is 8.97. The second kappa shape index (κ2) is 6.70. The van der Waals surface area contributed by atoms with Crippen molar-refractivity contribution >= 4 is 38.3 Å². The van der Waals surface area contributed by atoms with Crippen molar-refractivity contribution in [3.8, 4) is 22.1 Å². The van der Waals surface area contributed by atoms with Crippen molar-refractivity contribution in [3.63, 3.8) is 0 Å². The average molecular weight is 415 g/mol. The van der Waals surface area contributed by atoms with Crippen molar-refractivity contribution in [3.05, 3.63) is 71.1 Å². The Morgan fingerprint density at radius 2 is 1.80 bits per heavy atom. The van der Waals surface area contributed by atoms with Gasteiger partial charge in [-0.1, -0.05) is 33.3 Å². The molecule has 3 heterocycles. The van der Waals surface area contributed by atoms with E-state index in [1.54, 1.807) is 36.8 Å². The maximum Gasteiger partial charge on any atom is 0.257 e. The van der Waals surface area contributed by atoms with E-state index < -0.39 is 0 Å². The Balaban J connectivity index is 1.69. The number of carbonyl (C=O) groups is 1. The summed E-state index contributed by atoms with van der Waals surface area (Å²) in [4.78, 5) is 17.8. The van der Waals surface area contributed by atoms with Gasteiger partial charge in [-0.15, -0.1) is 0 Å². The lowest BCUT2D eigenvalue weighted by Gasteiger charge is -2.01. The Bertz CT molecular complexity index is 955. The lowest BCUT2D eigenvalue weighted by Crippen LogP contribution is -2.11. The molecule has 124 valence electrons. The quantitative estimate of drug-likeness (QED) is 0.466. The van der Waals surface area contributed by atoms with Crippen LogP contribution in [-0.2, 0) is 0 Å². The van der Waals surface area contributed by atoms with Gasteiger partial charge in [-0.25, -0.2) is 4.98 Å². The molecule has 4 rings (SSSR count). The van der Waals surface area contributed by atoms with Crippen LogP contribution in [0.25, 0.3) is 22.1 Å². The summed E-state index contributed by atoms with van der Waals surface area (Å²) in [6, 6.07) is 14.4. The molecule has 0 aliphatic carbocycles. The number of halogens is 1. The van der Waals surface area contributed by atoms with E-state index in [1.807, 2.05) is 24.3 Å². The van der Waals surface area contributed by atoms with Gasteiger partial charge in [0.1, 0.15) is 16.3 Å². The zero-order chi connectivity index (χ0) is 17.2. The minimum Gasteiger partial charge on any atom is -0.463 e. The van der Waals surface area contributed by atoms with Gasteiger partial charge < -0.3 is 8.83 Å². The molecule has 0 fully saturated rings. The highest BCUT2D eigenvalue weighted by Crippen LogP contribution is 2.39. The topological polar surface area (TPSA) is 68.3 Å². The number of aromatic nitrogens is 1. The van der Waals surface area contributed by atoms with Crippen molar-refractivity contribution in [2.75, 3.05) is 5.32 Å². The predicted molar refractivity (Wildman–Crippen MR) is 99.6 cm³/mol. The lowest BCUT2D eigenvalue weighted by molar-refractivity contribution is 0.102. The van der Waals surface area contributed by atoms with Gasteiger partial charge in [-0.05, 0) is 42.5 Å². The number of thiazole rings is 1. The third-order valence-corrected chi connectivity index (χ3v) is 4.91. The van der Waals surface area contributed by atoms with Crippen LogP contribution in [0.4, 0.5) is 5.13 Å². The molecule has 0 aliphatic rings. The fourth-order valence-electron chi connectivity index (χ4n) is 2.33. The van der Waals surface area contributed by atoms with Crippen LogP contribution in [-0.4, -0.2) is 10.9 Å². The SMILES string of the molecule is O=C(Nc1nc(-c2ccco2)c(-c2ccco2)s1)c1cccc(Br)c1. The summed E-state index contributed by atoms with van der Waals surface area (Å²) < 4.78 is 11.8. The van der Waals surface area contributed by atoms with Crippen molar-refractivity contribution in [2.24, 2.45) is 0 Å². The van der Waals surface area contributed by atoms with Crippen LogP contribution in [0.2, 0.25) is 0 Å². The molecule has 0 spiro atoms. The molecule has 0 aliphatic heterocycles. The van der Waals surface area contributed by atoms with E-state index in [-0.39, 0.29) is 5.91 Å². The minimum absolute atomic E-state index is 0.230. The molecule has 3 aromatic heterocycles. The van der Waals surface area contributed by atoms with E-state index in [9.17, 15) is 4.79 Å². The van der Waals surface area contributed by atoms with Gasteiger partial charge in [0.2, 0.25) is 0 Å². The number of furan rings is 2. The summed E-state index contributed by atoms with van der Waals surface area (Å²) in [6.45, 7) is 0. The largest absolute Gasteiger partial charge is 0.463 e. The lowest BCUT2D eigenvalue weighted by atomic mass is 10.2. The summed E-state index contributed by atoms with van der Waals surface area (Å²) in [6.07, 6.45) is 3.18. The second-order valence-corrected chi connectivity index (χ2v) is 7.03. The normalized spacial score (nSPS) is 10.8. The maximum atomic E-state index is 12.4. The number of benzene rings is 1. The molecule has 5 nitrogen and oxygen atoms in total. The van der Waals surface area contributed by atoms with E-state index in [4.69, 9.17) is 8.83 Å². The van der Waals surface area contributed by atoms with Crippen LogP contribution in [0.1, 0.15) is 10.4 Å². The van der Waals surface area contributed by atoms with Crippen molar-refractivity contribution < 1.29 is 13.6 Å². The van der Waals surface area contributed by atoms with E-state index in [0.717, 1.165) is 9.35 Å². The molecule has 0 saturated carbocycles. The van der Waals surface area contributed by atoms with E-state index in [1.165, 1.54) is 11.3 Å². The molecule has 0 saturated heterocycles. The zero-order valence-electron chi connectivity index (χ0n) is 12.7. The Hall–Kier alpha value is -2.64. The summed E-state index contributed by atoms with van der Waals surface area (Å²) in [5.41, 5.74) is 1.18. The third kappa shape index (κ3) is 3.29. The molecule has 7 heteroatoms. The van der Waals surface area contributed by atoms with E-state index in [0.29, 0.717) is 27.9 Å². The van der Waals surface area contributed by atoms with Gasteiger partial charge in [0.05, 0.1) is 12.5 Å². The molecule has 1 aromatic carbocycles. The summed E-state index contributed by atoms with van der Waals surface area (Å²) in [5.74, 6) is 1.06. The first-order valence-electron chi connectivity index (χ1n) is 7.36. The smallest absolute Gasteiger partial charge is 0.257 e. The van der Waals surface area contributed by atoms with Gasteiger partial charge >= 0.3 is 0 Å². The standard InChI is InChI=1S/C18H11BrN2O3S/c19-12-5-1-4-11(10-12)17(22)21-18-20-15(13-6-2-8-23-13)16(25-18)14-7-3-9-24-14/h1-10H,(H,20,21,22). The summed E-state index contributed by atoms with van der Waals surface area (Å²) >= 11 is 4.70. The number of hydrogen-bond acceptors (Lipinski definition) is 5. The van der Waals surface area contributed by atoms with Gasteiger partial charge in [0, 0.05) is 10.0 Å². The van der Waals surface area contributed by atoms with Crippen LogP contribution in [0.15, 0.2) is 74.4 Å². The van der Waals surface area contributed by atoms with Crippen LogP contribution in [0.5, 0.6) is 0 Å². The van der Waals surface area contributed by atoms with Crippen molar-refractivity contribution in [2.45, 2.75) is 0 Å². The minimum atomic E-state index is -0.230. The van der Waals surface area contributed by atoms with Crippen LogP contribution < -0.4 is 5.32 Å². The van der Waals surface area contributed by atoms with Crippen molar-refractivity contribution in [1.29, 1.82) is 0 Å². The molecular formula is C18H11BrN2O3S. The number of carbonyl (C=O) groups excluding carboxylic acids is 1. The molecule has 0 bridgehead atoms. The van der Waals surface area contributed by atoms with Crippen LogP contribution in [0, 0.1) is 0 Å². The molecule has 1 amide bonds. The first kappa shape index (κ1) is 15.9. The van der Waals surface area contributed by atoms with Crippen LogP contribution in [0.3, 0.4) is 0 Å². The second-order valence-electron chi connectivity index (χ2n) is 5.12. The van der Waals surface area contributed by atoms with Gasteiger partial charge in [0.25, 0.3) is 5.91 Å². The Morgan fingerprint density at radius 3 is 2.48 bits per heavy atom. The van der Waals surface area contributed by atoms with E-state index >= 15 is 0 Å². The molecule has 0 radical (unpaired) electrons. The number of anilines is 1. The predicted octanol–water partition coefficient (Wildman–Crippen LogP) is 5.68. The fourth-order valence-corrected chi connectivity index (χ4v) is 3.66. The number of rotatable bonds is 4. The summed E-state index contributed by atoms with van der Waals surface area (Å²) in [5, 5.41) is 3.31. The van der Waals surface area contributed by atoms with Crippen molar-refractivity contribution in [1.82, 2.24) is 4.98 Å². The number of nitrogens with zero attached hydrogens (tertiary/aromatic N) is 1. The highest BCUT2D eigenvalue weighted by Gasteiger charge is 2.20. The third-order valence-electron chi connectivity index (χ3n) is 3.43. The Kier molecular flexibility index (Phi) is 4.25. The average Bonchev–Trinajstić information content (AvgIpc) is 3.35. The molecule has 0 atom stereocenters. The highest BCUT2D eigenvalue weighted by molar-refractivity contribution is 9.10. The first-order chi connectivity index (χ1) is 12.2. The molecule has 0 unspecified atom stereocenters. The van der Waals surface area contributed by atoms with E-state index in [2.05, 4.69) is 26.2 Å². The molecule has 1 N–H and O–H groups in total. The fraction of sp³-hybridized carbons (Fsp3) is 0. The Morgan fingerprint density at radius 1 is 1.04 bits per heavy atom. The zero-order valence-corrected chi connectivity index (χ0v) is 15.1. The van der Waals surface area contributed by atoms with Gasteiger partial charge in [-0.2, -0.15) is 0 Å². The van der Waals surface area contributed by atoms with Gasteiger partial charge in [-0.3, -0.25) is 10.1 Å². The Labute approximate surface area is 155 Å². The number of nitrogens with one attached hydrogen (secondary N) is 1. The van der Waals surface area contributed by atoms with Crippen LogP contribution >= 0.6 is 27.3 Å². The number of amides is 1. The summed E-state index contributed by atoms with van der Waals surface area (Å²) in [7, 11) is 0. The number of hydrogen-bond donors (Lipinski definition) is 1. The van der Waals surface area contributed by atoms with Gasteiger partial charge in [0.15, 0.2) is 10.9 Å². The highest BCUT2D eigenvalue weighted by atomic mass is 79.9.